The van der Waals surface area contributed by atoms with E-state index in [1.807, 2.05) is 54.1 Å². The molecule has 0 bridgehead atoms. The summed E-state index contributed by atoms with van der Waals surface area (Å²) in [5.41, 5.74) is 2.39. The summed E-state index contributed by atoms with van der Waals surface area (Å²) in [6, 6.07) is 11.9. The Morgan fingerprint density at radius 1 is 1.09 bits per heavy atom. The van der Waals surface area contributed by atoms with Crippen molar-refractivity contribution in [1.82, 2.24) is 4.57 Å². The summed E-state index contributed by atoms with van der Waals surface area (Å²) in [7, 11) is 1.96. The van der Waals surface area contributed by atoms with E-state index in [2.05, 4.69) is 13.8 Å². The van der Waals surface area contributed by atoms with E-state index in [-0.39, 0.29) is 35.9 Å². The fourth-order valence-corrected chi connectivity index (χ4v) is 9.77. The highest BCUT2D eigenvalue weighted by molar-refractivity contribution is 6.01. The Morgan fingerprint density at radius 3 is 2.56 bits per heavy atom. The summed E-state index contributed by atoms with van der Waals surface area (Å²) in [5.74, 6) is -0.294. The van der Waals surface area contributed by atoms with Gasteiger partial charge in [0, 0.05) is 35.9 Å². The molecule has 3 saturated carbocycles. The second-order valence-electron chi connectivity index (χ2n) is 13.8. The third kappa shape index (κ3) is 4.00. The van der Waals surface area contributed by atoms with Gasteiger partial charge in [-0.25, -0.2) is 0 Å². The number of carbonyl (C=O) groups is 2. The smallest absolute Gasteiger partial charge is 0.200 e. The fourth-order valence-electron chi connectivity index (χ4n) is 9.77. The molecule has 1 aromatic heterocycles. The van der Waals surface area contributed by atoms with Crippen LogP contribution in [0.15, 0.2) is 60.2 Å². The van der Waals surface area contributed by atoms with Gasteiger partial charge in [-0.05, 0) is 72.9 Å². The summed E-state index contributed by atoms with van der Waals surface area (Å²) in [5, 5.41) is 31.5. The number of ether oxygens (including phenoxy) is 2. The third-order valence-electron chi connectivity index (χ3n) is 11.9. The Hall–Kier alpha value is -2.88. The SMILES string of the molecule is Cn1c(Cc2ccc(CO)cc2)ccc1[C@@H]1O[C@@H]2C[C@H]3[C@@H]4CCC5=CC(=O)C=C[C@]5(C)[C@H]4[C@@H](O)C[C@]3(C)[C@]2(C(=O)CO)O1. The number of carbonyl (C=O) groups excluding carboxylic acids is 2. The Kier molecular flexibility index (Phi) is 6.76. The van der Waals surface area contributed by atoms with Crippen LogP contribution in [0, 0.1) is 28.6 Å². The number of benzene rings is 1. The van der Waals surface area contributed by atoms with Crippen LogP contribution < -0.4 is 0 Å². The Balaban J connectivity index is 1.19. The van der Waals surface area contributed by atoms with Crippen LogP contribution in [0.4, 0.5) is 0 Å². The van der Waals surface area contributed by atoms with Gasteiger partial charge in [-0.3, -0.25) is 9.59 Å². The lowest BCUT2D eigenvalue weighted by molar-refractivity contribution is -0.202. The molecule has 0 spiro atoms. The molecule has 2 aromatic rings. The van der Waals surface area contributed by atoms with Crippen molar-refractivity contribution in [3.63, 3.8) is 0 Å². The van der Waals surface area contributed by atoms with Crippen molar-refractivity contribution < 1.29 is 34.4 Å². The van der Waals surface area contributed by atoms with E-state index < -0.39 is 41.5 Å². The molecule has 7 rings (SSSR count). The van der Waals surface area contributed by atoms with Crippen molar-refractivity contribution in [1.29, 1.82) is 0 Å². The number of aliphatic hydroxyl groups is 3. The zero-order chi connectivity index (χ0) is 30.3. The van der Waals surface area contributed by atoms with Crippen molar-refractivity contribution in [2.75, 3.05) is 6.61 Å². The monoisotopic (exact) mass is 587 g/mol. The average molecular weight is 588 g/mol. The van der Waals surface area contributed by atoms with Gasteiger partial charge in [0.25, 0.3) is 0 Å². The first kappa shape index (κ1) is 28.9. The second kappa shape index (κ2) is 10.1. The Labute approximate surface area is 252 Å². The zero-order valence-corrected chi connectivity index (χ0v) is 25.0. The second-order valence-corrected chi connectivity index (χ2v) is 13.8. The largest absolute Gasteiger partial charge is 0.393 e. The van der Waals surface area contributed by atoms with Crippen LogP contribution in [0.1, 0.15) is 68.3 Å². The molecular formula is C35H41NO7. The maximum Gasteiger partial charge on any atom is 0.200 e. The number of fused-ring (bicyclic) bond motifs is 7. The van der Waals surface area contributed by atoms with Gasteiger partial charge < -0.3 is 29.4 Å². The summed E-state index contributed by atoms with van der Waals surface area (Å²) in [6.45, 7) is 3.54. The lowest BCUT2D eigenvalue weighted by Gasteiger charge is -2.59. The standard InChI is InChI=1S/C35H41NO7/c1-33-13-12-24(39)15-22(33)8-10-25-26-16-30-35(29(41)19-38,34(26,2)17-28(40)31(25)33)43-32(42-30)27-11-9-23(36(27)3)14-20-4-6-21(18-37)7-5-20/h4-7,9,11-13,15,25-26,28,30-32,37-38,40H,8,10,14,16-19H2,1-3H3/t25-,26-,28-,30+,31+,32+,33-,34-,35+/m0/s1. The predicted molar refractivity (Wildman–Crippen MR) is 157 cm³/mol. The number of hydrogen-bond acceptors (Lipinski definition) is 7. The van der Waals surface area contributed by atoms with Gasteiger partial charge in [0.2, 0.25) is 6.29 Å². The molecule has 9 atom stereocenters. The lowest BCUT2D eigenvalue weighted by Crippen LogP contribution is -2.63. The predicted octanol–water partition coefficient (Wildman–Crippen LogP) is 3.71. The van der Waals surface area contributed by atoms with E-state index >= 15 is 0 Å². The molecule has 1 saturated heterocycles. The van der Waals surface area contributed by atoms with Crippen molar-refractivity contribution in [2.45, 2.75) is 76.7 Å². The Morgan fingerprint density at radius 2 is 1.84 bits per heavy atom. The number of ketones is 2. The number of rotatable bonds is 6. The lowest BCUT2D eigenvalue weighted by atomic mass is 9.46. The minimum absolute atomic E-state index is 0.000217. The van der Waals surface area contributed by atoms with Crippen molar-refractivity contribution >= 4 is 11.6 Å². The van der Waals surface area contributed by atoms with Gasteiger partial charge in [-0.15, -0.1) is 0 Å². The van der Waals surface area contributed by atoms with Crippen molar-refractivity contribution in [3.05, 3.63) is 82.7 Å². The molecule has 1 aromatic carbocycles. The maximum atomic E-state index is 13.8. The summed E-state index contributed by atoms with van der Waals surface area (Å²) in [4.78, 5) is 26.0. The van der Waals surface area contributed by atoms with Gasteiger partial charge in [0.15, 0.2) is 17.2 Å². The van der Waals surface area contributed by atoms with E-state index in [0.717, 1.165) is 40.9 Å². The molecule has 8 nitrogen and oxygen atoms in total. The molecule has 5 aliphatic rings. The van der Waals surface area contributed by atoms with Crippen LogP contribution in [0.2, 0.25) is 0 Å². The molecular weight excluding hydrogens is 546 g/mol. The molecule has 228 valence electrons. The van der Waals surface area contributed by atoms with Gasteiger partial charge in [0.1, 0.15) is 6.61 Å². The highest BCUT2D eigenvalue weighted by Gasteiger charge is 2.76. The third-order valence-corrected chi connectivity index (χ3v) is 11.9. The van der Waals surface area contributed by atoms with Crippen LogP contribution in [0.25, 0.3) is 0 Å². The minimum atomic E-state index is -1.37. The number of hydrogen-bond donors (Lipinski definition) is 3. The van der Waals surface area contributed by atoms with Gasteiger partial charge >= 0.3 is 0 Å². The molecule has 1 aliphatic heterocycles. The first-order valence-corrected chi connectivity index (χ1v) is 15.5. The number of aromatic nitrogens is 1. The molecule has 43 heavy (non-hydrogen) atoms. The van der Waals surface area contributed by atoms with E-state index in [4.69, 9.17) is 9.47 Å². The molecule has 3 N–H and O–H groups in total. The Bertz CT molecular complexity index is 1520. The molecule has 2 heterocycles. The van der Waals surface area contributed by atoms with Crippen LogP contribution in [-0.4, -0.2) is 55.9 Å². The van der Waals surface area contributed by atoms with Gasteiger partial charge in [-0.1, -0.05) is 49.8 Å². The van der Waals surface area contributed by atoms with Crippen LogP contribution in [0.5, 0.6) is 0 Å². The molecule has 0 unspecified atom stereocenters. The van der Waals surface area contributed by atoms with E-state index in [1.54, 1.807) is 12.2 Å². The molecule has 4 aliphatic carbocycles. The first-order chi connectivity index (χ1) is 20.6. The minimum Gasteiger partial charge on any atom is -0.393 e. The van der Waals surface area contributed by atoms with Crippen LogP contribution in [-0.2, 0) is 39.1 Å². The molecule has 4 fully saturated rings. The van der Waals surface area contributed by atoms with Crippen molar-refractivity contribution in [2.24, 2.45) is 35.6 Å². The average Bonchev–Trinajstić information content (AvgIpc) is 3.62. The number of allylic oxidation sites excluding steroid dienone is 4. The number of Topliss-reactive ketones (excluding diaryl/α,β-unsaturated/α-hetero) is 1. The highest BCUT2D eigenvalue weighted by Crippen LogP contribution is 2.70. The summed E-state index contributed by atoms with van der Waals surface area (Å²) < 4.78 is 15.4. The summed E-state index contributed by atoms with van der Waals surface area (Å²) >= 11 is 0. The molecule has 8 heteroatoms. The van der Waals surface area contributed by atoms with Gasteiger partial charge in [-0.2, -0.15) is 0 Å². The van der Waals surface area contributed by atoms with E-state index in [0.29, 0.717) is 19.3 Å². The zero-order valence-electron chi connectivity index (χ0n) is 25.0. The van der Waals surface area contributed by atoms with E-state index in [9.17, 15) is 24.9 Å². The summed E-state index contributed by atoms with van der Waals surface area (Å²) in [6.07, 6.45) is 6.56. The topological polar surface area (TPSA) is 118 Å². The van der Waals surface area contributed by atoms with E-state index in [1.165, 1.54) is 0 Å². The van der Waals surface area contributed by atoms with Crippen LogP contribution in [0.3, 0.4) is 0 Å². The fraction of sp³-hybridized carbons (Fsp3) is 0.543. The van der Waals surface area contributed by atoms with Crippen LogP contribution >= 0.6 is 0 Å². The number of nitrogens with zero attached hydrogens (tertiary/aromatic N) is 1. The molecule has 0 radical (unpaired) electrons. The maximum absolute atomic E-state index is 13.8. The quantitative estimate of drug-likeness (QED) is 0.472. The highest BCUT2D eigenvalue weighted by atomic mass is 16.7. The van der Waals surface area contributed by atoms with Gasteiger partial charge in [0.05, 0.1) is 24.5 Å². The number of aliphatic hydroxyl groups excluding tert-OH is 3. The van der Waals surface area contributed by atoms with Crippen molar-refractivity contribution in [3.8, 4) is 0 Å². The first-order valence-electron chi connectivity index (χ1n) is 15.5. The molecule has 0 amide bonds. The normalized spacial score (nSPS) is 39.6.